The fraction of sp³-hybridized carbons (Fsp3) is 1.00. The molecule has 1 saturated carbocycles. The SMILES string of the molecule is CSCC[C@@H]1CNC2CCCCC2NC[C@@H](CCSC)NCCNCC[N-]1.[Cl][Mn][Cl]. The molecule has 1 aliphatic heterocycles. The van der Waals surface area contributed by atoms with E-state index in [0.29, 0.717) is 24.2 Å². The number of hydrogen-bond donors (Lipinski definition) is 4. The molecule has 181 valence electrons. The van der Waals surface area contributed by atoms with Gasteiger partial charge in [-0.1, -0.05) is 19.3 Å². The maximum absolute atomic E-state index is 4.98. The fourth-order valence-corrected chi connectivity index (χ4v) is 5.09. The van der Waals surface area contributed by atoms with Gasteiger partial charge in [0.1, 0.15) is 0 Å². The van der Waals surface area contributed by atoms with Crippen LogP contribution in [0.5, 0.6) is 0 Å². The summed E-state index contributed by atoms with van der Waals surface area (Å²) in [5, 5.41) is 20.1. The second-order valence-corrected chi connectivity index (χ2v) is 11.8. The third-order valence-corrected chi connectivity index (χ3v) is 7.03. The Hall–Kier alpha value is 1.60. The monoisotopic (exact) mass is 541 g/mol. The number of thioether (sulfide) groups is 2. The Kier molecular flexibility index (Phi) is 20.9. The van der Waals surface area contributed by atoms with Gasteiger partial charge in [-0.2, -0.15) is 23.5 Å². The normalized spacial score (nSPS) is 29.6. The van der Waals surface area contributed by atoms with Crippen LogP contribution >= 0.6 is 43.7 Å². The van der Waals surface area contributed by atoms with Crippen molar-refractivity contribution in [2.45, 2.75) is 62.7 Å². The van der Waals surface area contributed by atoms with Crippen molar-refractivity contribution in [3.63, 3.8) is 0 Å². The van der Waals surface area contributed by atoms with Crippen molar-refractivity contribution in [3.05, 3.63) is 5.32 Å². The van der Waals surface area contributed by atoms with Crippen molar-refractivity contribution in [1.82, 2.24) is 21.3 Å². The predicted molar refractivity (Wildman–Crippen MR) is 136 cm³/mol. The Labute approximate surface area is 208 Å². The molecular weight excluding hydrogens is 500 g/mol. The summed E-state index contributed by atoms with van der Waals surface area (Å²) in [5.41, 5.74) is 0. The topological polar surface area (TPSA) is 62.2 Å². The summed E-state index contributed by atoms with van der Waals surface area (Å²) < 4.78 is 0. The standard InChI is InChI=1S/C20H42N5S2.2ClH.Mn/c1-26-13-7-17-15-24-19-5-3-4-6-20(19)25-16-18(8-14-27-2)23-12-10-21-9-11-22-17;;;/h17-22,24-25H,3-16H2,1-2H3;2*1H;/q-1;;;+2/p-2/t17-,18-,19?,20?;;;/m1.../s1. The van der Waals surface area contributed by atoms with Crippen LogP contribution in [-0.4, -0.2) is 87.5 Å². The molecule has 0 spiro atoms. The van der Waals surface area contributed by atoms with Gasteiger partial charge in [0.15, 0.2) is 0 Å². The van der Waals surface area contributed by atoms with E-state index in [4.69, 9.17) is 25.5 Å². The molecule has 1 heterocycles. The molecule has 0 amide bonds. The summed E-state index contributed by atoms with van der Waals surface area (Å²) in [6.45, 7) is 6.13. The van der Waals surface area contributed by atoms with Crippen molar-refractivity contribution in [1.29, 1.82) is 0 Å². The van der Waals surface area contributed by atoms with E-state index in [-0.39, 0.29) is 13.1 Å². The predicted octanol–water partition coefficient (Wildman–Crippen LogP) is 3.66. The molecule has 5 nitrogen and oxygen atoms in total. The van der Waals surface area contributed by atoms with Crippen LogP contribution in [-0.2, 0) is 13.1 Å². The molecule has 10 heteroatoms. The van der Waals surface area contributed by atoms with Gasteiger partial charge in [-0.05, 0) is 56.4 Å². The van der Waals surface area contributed by atoms with E-state index in [9.17, 15) is 0 Å². The van der Waals surface area contributed by atoms with E-state index in [1.807, 2.05) is 23.5 Å². The summed E-state index contributed by atoms with van der Waals surface area (Å²) in [4.78, 5) is 0. The first-order valence-electron chi connectivity index (χ1n) is 11.2. The second-order valence-electron chi connectivity index (χ2n) is 7.89. The van der Waals surface area contributed by atoms with Crippen molar-refractivity contribution < 1.29 is 13.1 Å². The molecule has 0 radical (unpaired) electrons. The molecule has 0 aromatic rings. The molecule has 0 aromatic heterocycles. The Morgan fingerprint density at radius 1 is 0.867 bits per heavy atom. The summed E-state index contributed by atoms with van der Waals surface area (Å²) in [6, 6.07) is 2.25. The van der Waals surface area contributed by atoms with E-state index in [1.54, 1.807) is 0 Å². The zero-order chi connectivity index (χ0) is 21.9. The van der Waals surface area contributed by atoms with Gasteiger partial charge in [0, 0.05) is 37.8 Å². The minimum absolute atomic E-state index is 0.00694. The summed E-state index contributed by atoms with van der Waals surface area (Å²) in [7, 11) is 9.59. The van der Waals surface area contributed by atoms with Crippen molar-refractivity contribution in [2.24, 2.45) is 0 Å². The van der Waals surface area contributed by atoms with Gasteiger partial charge in [-0.3, -0.25) is 0 Å². The molecule has 1 saturated heterocycles. The summed E-state index contributed by atoms with van der Waals surface area (Å²) >= 11 is 3.90. The quantitative estimate of drug-likeness (QED) is 0.385. The molecule has 0 aromatic carbocycles. The number of nitrogens with one attached hydrogen (secondary N) is 4. The molecule has 2 fully saturated rings. The third-order valence-electron chi connectivity index (χ3n) is 5.74. The van der Waals surface area contributed by atoms with Gasteiger partial charge in [0.25, 0.3) is 0 Å². The second kappa shape index (κ2) is 21.2. The van der Waals surface area contributed by atoms with Gasteiger partial charge in [0.05, 0.1) is 0 Å². The zero-order valence-corrected chi connectivity index (χ0v) is 22.9. The van der Waals surface area contributed by atoms with E-state index in [2.05, 4.69) is 33.8 Å². The van der Waals surface area contributed by atoms with Gasteiger partial charge >= 0.3 is 33.3 Å². The van der Waals surface area contributed by atoms with Crippen LogP contribution in [0.4, 0.5) is 0 Å². The van der Waals surface area contributed by atoms with Crippen molar-refractivity contribution >= 4 is 43.7 Å². The molecular formula is C20H42Cl2MnN5S2-. The van der Waals surface area contributed by atoms with E-state index < -0.39 is 0 Å². The van der Waals surface area contributed by atoms with Gasteiger partial charge in [-0.25, -0.2) is 0 Å². The molecule has 30 heavy (non-hydrogen) atoms. The third kappa shape index (κ3) is 14.7. The Morgan fingerprint density at radius 3 is 2.17 bits per heavy atom. The average Bonchev–Trinajstić information content (AvgIpc) is 2.77. The summed E-state index contributed by atoms with van der Waals surface area (Å²) in [5.74, 6) is 2.44. The molecule has 4 atom stereocenters. The maximum atomic E-state index is 4.98. The van der Waals surface area contributed by atoms with Crippen molar-refractivity contribution in [3.8, 4) is 0 Å². The fourth-order valence-electron chi connectivity index (χ4n) is 4.06. The van der Waals surface area contributed by atoms with Gasteiger partial charge < -0.3 is 26.6 Å². The first kappa shape index (κ1) is 29.6. The molecule has 2 unspecified atom stereocenters. The van der Waals surface area contributed by atoms with E-state index in [1.165, 1.54) is 50.0 Å². The average molecular weight is 543 g/mol. The molecule has 1 aliphatic carbocycles. The van der Waals surface area contributed by atoms with Crippen LogP contribution in [0.25, 0.3) is 5.32 Å². The molecule has 4 N–H and O–H groups in total. The van der Waals surface area contributed by atoms with Crippen LogP contribution in [0.3, 0.4) is 0 Å². The summed E-state index contributed by atoms with van der Waals surface area (Å²) in [6.07, 6.45) is 12.2. The van der Waals surface area contributed by atoms with Gasteiger partial charge in [-0.15, -0.1) is 12.6 Å². The van der Waals surface area contributed by atoms with Crippen LogP contribution in [0.1, 0.15) is 38.5 Å². The van der Waals surface area contributed by atoms with Gasteiger partial charge in [0.2, 0.25) is 0 Å². The Balaban J connectivity index is 0.00000141. The molecule has 2 rings (SSSR count). The number of hydrogen-bond acceptors (Lipinski definition) is 6. The number of nitrogens with zero attached hydrogens (tertiary/aromatic N) is 1. The molecule has 2 aliphatic rings. The van der Waals surface area contributed by atoms with Crippen LogP contribution in [0, 0.1) is 0 Å². The zero-order valence-electron chi connectivity index (χ0n) is 18.6. The first-order chi connectivity index (χ1) is 14.7. The minimum atomic E-state index is 0.00694. The van der Waals surface area contributed by atoms with E-state index >= 15 is 0 Å². The van der Waals surface area contributed by atoms with Crippen LogP contribution in [0.15, 0.2) is 0 Å². The van der Waals surface area contributed by atoms with Crippen molar-refractivity contribution in [2.75, 3.05) is 63.3 Å². The van der Waals surface area contributed by atoms with Crippen LogP contribution < -0.4 is 21.3 Å². The number of rotatable bonds is 6. The van der Waals surface area contributed by atoms with E-state index in [0.717, 1.165) is 39.3 Å². The Morgan fingerprint density at radius 2 is 1.50 bits per heavy atom. The van der Waals surface area contributed by atoms with Crippen LogP contribution in [0.2, 0.25) is 0 Å². The number of fused-ring (bicyclic) bond motifs is 1. The molecule has 0 bridgehead atoms. The first-order valence-corrected chi connectivity index (χ1v) is 17.2. The Bertz CT molecular complexity index is 359. The number of halogens is 2.